The van der Waals surface area contributed by atoms with Gasteiger partial charge in [-0.1, -0.05) is 12.8 Å². The van der Waals surface area contributed by atoms with Crippen LogP contribution in [0.3, 0.4) is 0 Å². The lowest BCUT2D eigenvalue weighted by Crippen LogP contribution is -2.45. The van der Waals surface area contributed by atoms with Crippen molar-refractivity contribution in [2.24, 2.45) is 4.99 Å². The summed E-state index contributed by atoms with van der Waals surface area (Å²) in [6.07, 6.45) is 4.00. The Bertz CT molecular complexity index is 333. The topological polar surface area (TPSA) is 59.9 Å². The highest BCUT2D eigenvalue weighted by atomic mass is 127. The van der Waals surface area contributed by atoms with Crippen LogP contribution in [-0.4, -0.2) is 59.8 Å². The Balaban J connectivity index is 0.00000484. The molecule has 0 aromatic rings. The van der Waals surface area contributed by atoms with Crippen LogP contribution in [0.2, 0.25) is 0 Å². The van der Waals surface area contributed by atoms with Gasteiger partial charge in [-0.25, -0.2) is 0 Å². The third-order valence-corrected chi connectivity index (χ3v) is 4.40. The number of halogens is 1. The molecule has 1 saturated carbocycles. The van der Waals surface area contributed by atoms with E-state index in [0.717, 1.165) is 51.3 Å². The van der Waals surface area contributed by atoms with Crippen LogP contribution >= 0.6 is 24.0 Å². The average Bonchev–Trinajstić information content (AvgIpc) is 2.87. The fourth-order valence-corrected chi connectivity index (χ4v) is 3.18. The van der Waals surface area contributed by atoms with Crippen molar-refractivity contribution in [3.05, 3.63) is 0 Å². The molecule has 1 fully saturated rings. The van der Waals surface area contributed by atoms with Crippen LogP contribution in [0.25, 0.3) is 0 Å². The van der Waals surface area contributed by atoms with Crippen molar-refractivity contribution in [3.8, 4) is 0 Å². The first-order chi connectivity index (χ1) is 10.4. The van der Waals surface area contributed by atoms with E-state index in [0.29, 0.717) is 18.6 Å². The van der Waals surface area contributed by atoms with E-state index < -0.39 is 5.60 Å². The Hall–Kier alpha value is -0.0800. The molecule has 0 aliphatic heterocycles. The van der Waals surface area contributed by atoms with Gasteiger partial charge in [0, 0.05) is 31.7 Å². The molecule has 0 unspecified atom stereocenters. The van der Waals surface area contributed by atoms with Gasteiger partial charge in [0.2, 0.25) is 0 Å². The lowest BCUT2D eigenvalue weighted by atomic mass is 10.0. The summed E-state index contributed by atoms with van der Waals surface area (Å²) in [5, 5.41) is 17.1. The molecule has 1 rings (SSSR count). The highest BCUT2D eigenvalue weighted by Crippen LogP contribution is 2.29. The summed E-state index contributed by atoms with van der Waals surface area (Å²) in [6, 6.07) is 1.08. The van der Waals surface area contributed by atoms with Gasteiger partial charge in [0.1, 0.15) is 0 Å². The minimum Gasteiger partial charge on any atom is -0.388 e. The summed E-state index contributed by atoms with van der Waals surface area (Å²) in [5.74, 6) is 0.815. The summed E-state index contributed by atoms with van der Waals surface area (Å²) in [4.78, 5) is 7.04. The molecule has 0 aromatic carbocycles. The van der Waals surface area contributed by atoms with E-state index in [1.807, 2.05) is 0 Å². The Morgan fingerprint density at radius 3 is 2.17 bits per heavy atom. The molecule has 0 bridgehead atoms. The van der Waals surface area contributed by atoms with Crippen LogP contribution in [0.4, 0.5) is 0 Å². The van der Waals surface area contributed by atoms with Crippen molar-refractivity contribution in [1.82, 2.24) is 15.5 Å². The van der Waals surface area contributed by atoms with Gasteiger partial charge in [-0.05, 0) is 47.5 Å². The molecule has 138 valence electrons. The number of guanidine groups is 1. The number of hydrogen-bond acceptors (Lipinski definition) is 3. The molecule has 0 atom stereocenters. The number of nitrogens with one attached hydrogen (secondary N) is 2. The maximum atomic E-state index is 10.4. The maximum Gasteiger partial charge on any atom is 0.191 e. The molecule has 0 amide bonds. The minimum absolute atomic E-state index is 0. The molecule has 3 N–H and O–H groups in total. The maximum absolute atomic E-state index is 10.4. The highest BCUT2D eigenvalue weighted by molar-refractivity contribution is 14.0. The molecule has 0 spiro atoms. The summed E-state index contributed by atoms with van der Waals surface area (Å²) < 4.78 is 0. The van der Waals surface area contributed by atoms with E-state index in [2.05, 4.69) is 55.1 Å². The summed E-state index contributed by atoms with van der Waals surface area (Å²) in [6.45, 7) is 14.2. The fourth-order valence-electron chi connectivity index (χ4n) is 3.18. The Morgan fingerprint density at radius 1 is 1.13 bits per heavy atom. The number of aliphatic imine (C=N–C) groups is 1. The van der Waals surface area contributed by atoms with Gasteiger partial charge in [0.05, 0.1) is 12.1 Å². The van der Waals surface area contributed by atoms with Crippen molar-refractivity contribution >= 4 is 29.9 Å². The second-order valence-corrected chi connectivity index (χ2v) is 6.98. The average molecular weight is 440 g/mol. The van der Waals surface area contributed by atoms with Gasteiger partial charge < -0.3 is 15.7 Å². The monoisotopic (exact) mass is 440 g/mol. The van der Waals surface area contributed by atoms with Gasteiger partial charge >= 0.3 is 0 Å². The fraction of sp³-hybridized carbons (Fsp3) is 0.941. The van der Waals surface area contributed by atoms with E-state index in [1.165, 1.54) is 0 Å². The zero-order valence-corrected chi connectivity index (χ0v) is 17.9. The van der Waals surface area contributed by atoms with Gasteiger partial charge in [-0.3, -0.25) is 9.89 Å². The normalized spacial score (nSPS) is 17.7. The van der Waals surface area contributed by atoms with Crippen LogP contribution in [0.1, 0.15) is 60.3 Å². The first-order valence-electron chi connectivity index (χ1n) is 8.88. The Morgan fingerprint density at radius 2 is 1.70 bits per heavy atom. The van der Waals surface area contributed by atoms with Gasteiger partial charge in [-0.15, -0.1) is 24.0 Å². The van der Waals surface area contributed by atoms with Crippen LogP contribution in [0, 0.1) is 0 Å². The predicted molar refractivity (Wildman–Crippen MR) is 110 cm³/mol. The van der Waals surface area contributed by atoms with Gasteiger partial charge in [-0.2, -0.15) is 0 Å². The van der Waals surface area contributed by atoms with Crippen LogP contribution in [0.15, 0.2) is 4.99 Å². The zero-order valence-electron chi connectivity index (χ0n) is 15.6. The molecule has 0 saturated heterocycles. The van der Waals surface area contributed by atoms with E-state index in [9.17, 15) is 5.11 Å². The van der Waals surface area contributed by atoms with Gasteiger partial charge in [0.15, 0.2) is 5.96 Å². The number of aliphatic hydroxyl groups is 1. The Kier molecular flexibility index (Phi) is 11.4. The quantitative estimate of drug-likeness (QED) is 0.309. The molecule has 6 heteroatoms. The largest absolute Gasteiger partial charge is 0.388 e. The molecule has 0 radical (unpaired) electrons. The first-order valence-corrected chi connectivity index (χ1v) is 8.88. The molecular formula is C17H37IN4O. The van der Waals surface area contributed by atoms with E-state index in [1.54, 1.807) is 0 Å². The van der Waals surface area contributed by atoms with Crippen molar-refractivity contribution in [3.63, 3.8) is 0 Å². The van der Waals surface area contributed by atoms with Crippen LogP contribution in [-0.2, 0) is 0 Å². The standard InChI is InChI=1S/C17H36N4O.HI/c1-6-18-16(20-13-17(22)9-7-8-10-17)19-11-12-21(14(2)3)15(4)5;/h14-15,22H,6-13H2,1-5H3,(H2,18,19,20);1H. The molecule has 5 nitrogen and oxygen atoms in total. The first kappa shape index (κ1) is 22.9. The zero-order chi connectivity index (χ0) is 16.6. The summed E-state index contributed by atoms with van der Waals surface area (Å²) in [7, 11) is 0. The lowest BCUT2D eigenvalue weighted by Gasteiger charge is -2.30. The molecule has 0 aromatic heterocycles. The van der Waals surface area contributed by atoms with Crippen LogP contribution in [0.5, 0.6) is 0 Å². The van der Waals surface area contributed by atoms with Crippen molar-refractivity contribution in [2.75, 3.05) is 26.2 Å². The smallest absolute Gasteiger partial charge is 0.191 e. The number of hydrogen-bond donors (Lipinski definition) is 3. The number of rotatable bonds is 8. The highest BCUT2D eigenvalue weighted by Gasteiger charge is 2.30. The molecule has 1 aliphatic rings. The van der Waals surface area contributed by atoms with Gasteiger partial charge in [0.25, 0.3) is 0 Å². The predicted octanol–water partition coefficient (Wildman–Crippen LogP) is 2.58. The molecule has 0 heterocycles. The minimum atomic E-state index is -0.579. The summed E-state index contributed by atoms with van der Waals surface area (Å²) in [5.41, 5.74) is -0.579. The molecular weight excluding hydrogens is 403 g/mol. The number of nitrogens with zero attached hydrogens (tertiary/aromatic N) is 2. The second kappa shape index (κ2) is 11.5. The lowest BCUT2D eigenvalue weighted by molar-refractivity contribution is 0.0574. The SMILES string of the molecule is CCNC(=NCC1(O)CCCC1)NCCN(C(C)C)C(C)C.I. The molecule has 1 aliphatic carbocycles. The third kappa shape index (κ3) is 8.54. The van der Waals surface area contributed by atoms with Crippen molar-refractivity contribution in [1.29, 1.82) is 0 Å². The summed E-state index contributed by atoms with van der Waals surface area (Å²) >= 11 is 0. The van der Waals surface area contributed by atoms with Crippen molar-refractivity contribution < 1.29 is 5.11 Å². The second-order valence-electron chi connectivity index (χ2n) is 6.98. The van der Waals surface area contributed by atoms with Crippen LogP contribution < -0.4 is 10.6 Å². The van der Waals surface area contributed by atoms with E-state index >= 15 is 0 Å². The molecule has 23 heavy (non-hydrogen) atoms. The third-order valence-electron chi connectivity index (χ3n) is 4.40. The van der Waals surface area contributed by atoms with Crippen molar-refractivity contribution in [2.45, 2.75) is 78.0 Å². The van der Waals surface area contributed by atoms with E-state index in [-0.39, 0.29) is 24.0 Å². The van der Waals surface area contributed by atoms with E-state index in [4.69, 9.17) is 0 Å². The Labute approximate surface area is 159 Å².